The molecule has 0 aliphatic carbocycles. The lowest BCUT2D eigenvalue weighted by molar-refractivity contribution is -0.130. The minimum absolute atomic E-state index is 0.186. The average molecular weight is 340 g/mol. The van der Waals surface area contributed by atoms with Crippen LogP contribution < -0.4 is 9.47 Å². The molecule has 4 heteroatoms. The number of carboxylic acid groups (broad SMARTS) is 1. The SMILES string of the molecule is CCCCOc1cccc(/C=C(\C(=O)O)c2cc(C)ccc2OC)c1. The average Bonchev–Trinajstić information content (AvgIpc) is 2.60. The number of aliphatic carboxylic acids is 1. The fourth-order valence-electron chi connectivity index (χ4n) is 2.48. The Kier molecular flexibility index (Phi) is 6.63. The number of carbonyl (C=O) groups is 1. The summed E-state index contributed by atoms with van der Waals surface area (Å²) < 4.78 is 11.0. The van der Waals surface area contributed by atoms with Crippen molar-refractivity contribution in [2.75, 3.05) is 13.7 Å². The number of rotatable bonds is 8. The van der Waals surface area contributed by atoms with Gasteiger partial charge in [-0.1, -0.05) is 37.1 Å². The van der Waals surface area contributed by atoms with Gasteiger partial charge < -0.3 is 14.6 Å². The molecule has 132 valence electrons. The van der Waals surface area contributed by atoms with Gasteiger partial charge in [0.25, 0.3) is 0 Å². The number of ether oxygens (including phenoxy) is 2. The predicted octanol–water partition coefficient (Wildman–Crippen LogP) is 4.81. The van der Waals surface area contributed by atoms with E-state index in [9.17, 15) is 9.90 Å². The molecule has 0 radical (unpaired) electrons. The maximum absolute atomic E-state index is 11.8. The lowest BCUT2D eigenvalue weighted by atomic mass is 10.00. The van der Waals surface area contributed by atoms with Gasteiger partial charge in [-0.15, -0.1) is 0 Å². The Labute approximate surface area is 148 Å². The third-order valence-electron chi connectivity index (χ3n) is 3.81. The number of aryl methyl sites for hydroxylation is 1. The second-order valence-electron chi connectivity index (χ2n) is 5.84. The van der Waals surface area contributed by atoms with E-state index in [0.717, 1.165) is 29.7 Å². The lowest BCUT2D eigenvalue weighted by Crippen LogP contribution is -2.02. The van der Waals surface area contributed by atoms with E-state index in [1.807, 2.05) is 43.3 Å². The summed E-state index contributed by atoms with van der Waals surface area (Å²) in [5.74, 6) is 0.277. The van der Waals surface area contributed by atoms with Crippen LogP contribution in [0, 0.1) is 6.92 Å². The zero-order valence-electron chi connectivity index (χ0n) is 14.9. The standard InChI is InChI=1S/C21H24O4/c1-4-5-11-25-17-8-6-7-16(13-17)14-19(21(22)23)18-12-15(2)9-10-20(18)24-3/h6-10,12-14H,4-5,11H2,1-3H3,(H,22,23)/b19-14-. The quantitative estimate of drug-likeness (QED) is 0.426. The second kappa shape index (κ2) is 8.92. The summed E-state index contributed by atoms with van der Waals surface area (Å²) in [5, 5.41) is 9.69. The largest absolute Gasteiger partial charge is 0.496 e. The first-order valence-electron chi connectivity index (χ1n) is 8.38. The summed E-state index contributed by atoms with van der Waals surface area (Å²) in [4.78, 5) is 11.8. The van der Waals surface area contributed by atoms with E-state index < -0.39 is 5.97 Å². The van der Waals surface area contributed by atoms with Gasteiger partial charge in [0.2, 0.25) is 0 Å². The van der Waals surface area contributed by atoms with Gasteiger partial charge in [0, 0.05) is 5.56 Å². The van der Waals surface area contributed by atoms with Gasteiger partial charge in [-0.2, -0.15) is 0 Å². The first-order valence-corrected chi connectivity index (χ1v) is 8.38. The van der Waals surface area contributed by atoms with E-state index in [1.165, 1.54) is 7.11 Å². The minimum Gasteiger partial charge on any atom is -0.496 e. The summed E-state index contributed by atoms with van der Waals surface area (Å²) in [6.07, 6.45) is 3.70. The van der Waals surface area contributed by atoms with Crippen molar-refractivity contribution < 1.29 is 19.4 Å². The van der Waals surface area contributed by atoms with Gasteiger partial charge in [0.05, 0.1) is 19.3 Å². The van der Waals surface area contributed by atoms with Crippen molar-refractivity contribution in [1.82, 2.24) is 0 Å². The summed E-state index contributed by atoms with van der Waals surface area (Å²) in [5.41, 5.74) is 2.49. The van der Waals surface area contributed by atoms with E-state index in [2.05, 4.69) is 6.92 Å². The Bertz CT molecular complexity index is 762. The van der Waals surface area contributed by atoms with E-state index in [4.69, 9.17) is 9.47 Å². The van der Waals surface area contributed by atoms with Gasteiger partial charge in [0.15, 0.2) is 0 Å². The monoisotopic (exact) mass is 340 g/mol. The molecule has 0 saturated carbocycles. The summed E-state index contributed by atoms with van der Waals surface area (Å²) >= 11 is 0. The van der Waals surface area contributed by atoms with Crippen molar-refractivity contribution in [2.24, 2.45) is 0 Å². The van der Waals surface area contributed by atoms with Crippen LogP contribution in [-0.4, -0.2) is 24.8 Å². The number of carboxylic acids is 1. The summed E-state index contributed by atoms with van der Waals surface area (Å²) in [7, 11) is 1.54. The Morgan fingerprint density at radius 3 is 2.68 bits per heavy atom. The van der Waals surface area contributed by atoms with E-state index in [0.29, 0.717) is 17.9 Å². The van der Waals surface area contributed by atoms with Crippen molar-refractivity contribution in [2.45, 2.75) is 26.7 Å². The number of unbranched alkanes of at least 4 members (excludes halogenated alkanes) is 1. The van der Waals surface area contributed by atoms with E-state index in [1.54, 1.807) is 12.1 Å². The van der Waals surface area contributed by atoms with Gasteiger partial charge in [0.1, 0.15) is 11.5 Å². The first kappa shape index (κ1) is 18.6. The molecular formula is C21H24O4. The third-order valence-corrected chi connectivity index (χ3v) is 3.81. The van der Waals surface area contributed by atoms with Crippen LogP contribution in [-0.2, 0) is 4.79 Å². The smallest absolute Gasteiger partial charge is 0.336 e. The molecule has 0 bridgehead atoms. The second-order valence-corrected chi connectivity index (χ2v) is 5.84. The van der Waals surface area contributed by atoms with Crippen LogP contribution in [0.4, 0.5) is 0 Å². The Balaban J connectivity index is 2.39. The molecule has 2 aromatic carbocycles. The number of hydrogen-bond donors (Lipinski definition) is 1. The fourth-order valence-corrected chi connectivity index (χ4v) is 2.48. The Hall–Kier alpha value is -2.75. The van der Waals surface area contributed by atoms with Crippen molar-refractivity contribution in [3.05, 3.63) is 59.2 Å². The topological polar surface area (TPSA) is 55.8 Å². The van der Waals surface area contributed by atoms with Crippen LogP contribution >= 0.6 is 0 Å². The molecular weight excluding hydrogens is 316 g/mol. The number of hydrogen-bond acceptors (Lipinski definition) is 3. The maximum Gasteiger partial charge on any atom is 0.336 e. The lowest BCUT2D eigenvalue weighted by Gasteiger charge is -2.11. The molecule has 1 N–H and O–H groups in total. The molecule has 0 heterocycles. The van der Waals surface area contributed by atoms with Crippen LogP contribution in [0.25, 0.3) is 11.6 Å². The fraction of sp³-hybridized carbons (Fsp3) is 0.286. The van der Waals surface area contributed by atoms with E-state index >= 15 is 0 Å². The molecule has 0 aliphatic heterocycles. The third kappa shape index (κ3) is 5.11. The van der Waals surface area contributed by atoms with Crippen molar-refractivity contribution in [3.63, 3.8) is 0 Å². The van der Waals surface area contributed by atoms with Gasteiger partial charge in [-0.05, 0) is 49.2 Å². The highest BCUT2D eigenvalue weighted by molar-refractivity contribution is 6.21. The molecule has 0 spiro atoms. The van der Waals surface area contributed by atoms with Crippen LogP contribution in [0.15, 0.2) is 42.5 Å². The summed E-state index contributed by atoms with van der Waals surface area (Å²) in [6.45, 7) is 4.68. The van der Waals surface area contributed by atoms with Gasteiger partial charge in [-0.25, -0.2) is 4.79 Å². The molecule has 2 rings (SSSR count). The van der Waals surface area contributed by atoms with Crippen molar-refractivity contribution >= 4 is 17.6 Å². The Morgan fingerprint density at radius 1 is 1.20 bits per heavy atom. The van der Waals surface area contributed by atoms with Crippen LogP contribution in [0.1, 0.15) is 36.5 Å². The molecule has 0 aromatic heterocycles. The molecule has 0 fully saturated rings. The molecule has 0 unspecified atom stereocenters. The molecule has 4 nitrogen and oxygen atoms in total. The molecule has 2 aromatic rings. The zero-order chi connectivity index (χ0) is 18.2. The molecule has 0 atom stereocenters. The molecule has 0 saturated heterocycles. The molecule has 0 aliphatic rings. The highest BCUT2D eigenvalue weighted by atomic mass is 16.5. The first-order chi connectivity index (χ1) is 12.0. The Morgan fingerprint density at radius 2 is 2.00 bits per heavy atom. The zero-order valence-corrected chi connectivity index (χ0v) is 14.9. The van der Waals surface area contributed by atoms with Crippen LogP contribution in [0.5, 0.6) is 11.5 Å². The summed E-state index contributed by atoms with van der Waals surface area (Å²) in [6, 6.07) is 12.9. The van der Waals surface area contributed by atoms with Gasteiger partial charge in [-0.3, -0.25) is 0 Å². The predicted molar refractivity (Wildman–Crippen MR) is 100 cm³/mol. The number of methoxy groups -OCH3 is 1. The van der Waals surface area contributed by atoms with Crippen LogP contribution in [0.3, 0.4) is 0 Å². The van der Waals surface area contributed by atoms with Crippen molar-refractivity contribution in [1.29, 1.82) is 0 Å². The molecule has 25 heavy (non-hydrogen) atoms. The maximum atomic E-state index is 11.8. The minimum atomic E-state index is -0.999. The van der Waals surface area contributed by atoms with E-state index in [-0.39, 0.29) is 5.57 Å². The van der Waals surface area contributed by atoms with Crippen molar-refractivity contribution in [3.8, 4) is 11.5 Å². The number of benzene rings is 2. The normalized spacial score (nSPS) is 11.2. The van der Waals surface area contributed by atoms with Gasteiger partial charge >= 0.3 is 5.97 Å². The van der Waals surface area contributed by atoms with Crippen LogP contribution in [0.2, 0.25) is 0 Å². The highest BCUT2D eigenvalue weighted by Crippen LogP contribution is 2.29. The highest BCUT2D eigenvalue weighted by Gasteiger charge is 2.16. The molecule has 0 amide bonds.